The van der Waals surface area contributed by atoms with E-state index in [9.17, 15) is 0 Å². The van der Waals surface area contributed by atoms with Crippen LogP contribution in [0.25, 0.3) is 0 Å². The average molecular weight is 274 g/mol. The maximum atomic E-state index is 5.85. The molecular weight excluding hydrogens is 263 g/mol. The van der Waals surface area contributed by atoms with Gasteiger partial charge in [-0.1, -0.05) is 11.6 Å². The number of amidine groups is 1. The van der Waals surface area contributed by atoms with Gasteiger partial charge in [0.25, 0.3) is 0 Å². The molecular formula is C10H10BrClN2. The minimum absolute atomic E-state index is 0.732. The molecule has 1 heterocycles. The Labute approximate surface area is 96.5 Å². The van der Waals surface area contributed by atoms with Crippen LogP contribution in [-0.2, 0) is 0 Å². The first-order valence-corrected chi connectivity index (χ1v) is 5.68. The van der Waals surface area contributed by atoms with E-state index in [2.05, 4.69) is 26.2 Å². The van der Waals surface area contributed by atoms with Crippen molar-refractivity contribution in [2.24, 2.45) is 4.99 Å². The Morgan fingerprint density at radius 1 is 1.43 bits per heavy atom. The summed E-state index contributed by atoms with van der Waals surface area (Å²) in [6.45, 7) is 0.938. The summed E-state index contributed by atoms with van der Waals surface area (Å²) in [4.78, 5) is 4.35. The molecule has 1 N–H and O–H groups in total. The Morgan fingerprint density at radius 3 is 2.93 bits per heavy atom. The van der Waals surface area contributed by atoms with Crippen LogP contribution in [0.15, 0.2) is 27.7 Å². The van der Waals surface area contributed by atoms with Crippen molar-refractivity contribution in [1.29, 1.82) is 0 Å². The van der Waals surface area contributed by atoms with Gasteiger partial charge in [0, 0.05) is 22.5 Å². The summed E-state index contributed by atoms with van der Waals surface area (Å²) < 4.78 is 0.972. The summed E-state index contributed by atoms with van der Waals surface area (Å²) in [5.74, 6) is 1.06. The van der Waals surface area contributed by atoms with Gasteiger partial charge in [-0.15, -0.1) is 0 Å². The summed E-state index contributed by atoms with van der Waals surface area (Å²) in [5.41, 5.74) is 1.02. The van der Waals surface area contributed by atoms with E-state index in [4.69, 9.17) is 11.6 Å². The number of anilines is 1. The van der Waals surface area contributed by atoms with E-state index in [1.807, 2.05) is 18.2 Å². The monoisotopic (exact) mass is 272 g/mol. The predicted molar refractivity (Wildman–Crippen MR) is 64.3 cm³/mol. The molecule has 1 aromatic rings. The van der Waals surface area contributed by atoms with E-state index in [-0.39, 0.29) is 0 Å². The molecule has 4 heteroatoms. The van der Waals surface area contributed by atoms with Crippen LogP contribution in [0.2, 0.25) is 5.02 Å². The molecule has 2 rings (SSSR count). The zero-order valence-electron chi connectivity index (χ0n) is 7.56. The Balaban J connectivity index is 2.16. The van der Waals surface area contributed by atoms with Crippen molar-refractivity contribution >= 4 is 39.1 Å². The summed E-state index contributed by atoms with van der Waals surface area (Å²) >= 11 is 9.30. The minimum Gasteiger partial charge on any atom is -0.343 e. The van der Waals surface area contributed by atoms with E-state index in [0.29, 0.717) is 0 Å². The Morgan fingerprint density at radius 2 is 2.29 bits per heavy atom. The van der Waals surface area contributed by atoms with Crippen LogP contribution >= 0.6 is 27.5 Å². The number of hydrogen-bond acceptors (Lipinski definition) is 2. The standard InChI is InChI=1S/C10H10BrClN2/c11-8-6-7(12)3-4-9(8)14-10-2-1-5-13-10/h3-4,6H,1-2,5H2,(H,13,14). The molecule has 1 aliphatic heterocycles. The maximum Gasteiger partial charge on any atom is 0.101 e. The van der Waals surface area contributed by atoms with Gasteiger partial charge in [0.2, 0.25) is 0 Å². The molecule has 74 valence electrons. The first-order valence-electron chi connectivity index (χ1n) is 4.51. The van der Waals surface area contributed by atoms with Crippen LogP contribution in [0.5, 0.6) is 0 Å². The van der Waals surface area contributed by atoms with Gasteiger partial charge in [0.15, 0.2) is 0 Å². The Hall–Kier alpha value is -0.540. The zero-order valence-corrected chi connectivity index (χ0v) is 9.90. The summed E-state index contributed by atoms with van der Waals surface area (Å²) in [7, 11) is 0. The second kappa shape index (κ2) is 4.32. The smallest absolute Gasteiger partial charge is 0.101 e. The molecule has 0 saturated carbocycles. The third kappa shape index (κ3) is 2.28. The first-order chi connectivity index (χ1) is 6.75. The van der Waals surface area contributed by atoms with Gasteiger partial charge in [-0.25, -0.2) is 0 Å². The second-order valence-corrected chi connectivity index (χ2v) is 4.47. The molecule has 0 unspecified atom stereocenters. The van der Waals surface area contributed by atoms with Gasteiger partial charge in [-0.2, -0.15) is 0 Å². The number of rotatable bonds is 1. The van der Waals surface area contributed by atoms with E-state index >= 15 is 0 Å². The molecule has 0 aromatic heterocycles. The number of nitrogens with zero attached hydrogens (tertiary/aromatic N) is 1. The molecule has 1 aromatic carbocycles. The highest BCUT2D eigenvalue weighted by Crippen LogP contribution is 2.26. The number of hydrogen-bond donors (Lipinski definition) is 1. The molecule has 0 bridgehead atoms. The van der Waals surface area contributed by atoms with Crippen molar-refractivity contribution in [2.75, 3.05) is 11.9 Å². The van der Waals surface area contributed by atoms with E-state index in [0.717, 1.165) is 40.4 Å². The summed E-state index contributed by atoms with van der Waals surface area (Å²) in [6, 6.07) is 5.69. The molecule has 0 spiro atoms. The number of nitrogens with one attached hydrogen (secondary N) is 1. The van der Waals surface area contributed by atoms with Crippen molar-refractivity contribution in [1.82, 2.24) is 0 Å². The minimum atomic E-state index is 0.732. The number of halogens is 2. The van der Waals surface area contributed by atoms with Crippen molar-refractivity contribution < 1.29 is 0 Å². The number of benzene rings is 1. The van der Waals surface area contributed by atoms with Crippen LogP contribution < -0.4 is 5.32 Å². The van der Waals surface area contributed by atoms with Crippen molar-refractivity contribution in [2.45, 2.75) is 12.8 Å². The Kier molecular flexibility index (Phi) is 3.08. The number of aliphatic imine (C=N–C) groups is 1. The largest absolute Gasteiger partial charge is 0.343 e. The molecule has 0 amide bonds. The lowest BCUT2D eigenvalue weighted by molar-refractivity contribution is 0.951. The summed E-state index contributed by atoms with van der Waals surface area (Å²) in [5, 5.41) is 4.01. The molecule has 2 nitrogen and oxygen atoms in total. The molecule has 0 radical (unpaired) electrons. The summed E-state index contributed by atoms with van der Waals surface area (Å²) in [6.07, 6.45) is 2.18. The molecule has 0 fully saturated rings. The van der Waals surface area contributed by atoms with E-state index in [1.165, 1.54) is 0 Å². The second-order valence-electron chi connectivity index (χ2n) is 3.18. The van der Waals surface area contributed by atoms with E-state index in [1.54, 1.807) is 0 Å². The van der Waals surface area contributed by atoms with Crippen LogP contribution in [0.4, 0.5) is 5.69 Å². The van der Waals surface area contributed by atoms with Crippen LogP contribution in [0, 0.1) is 0 Å². The van der Waals surface area contributed by atoms with Gasteiger partial charge in [0.05, 0.1) is 5.69 Å². The molecule has 0 saturated heterocycles. The lowest BCUT2D eigenvalue weighted by atomic mass is 10.3. The van der Waals surface area contributed by atoms with Gasteiger partial charge in [0.1, 0.15) is 5.84 Å². The molecule has 1 aliphatic rings. The fraction of sp³-hybridized carbons (Fsp3) is 0.300. The topological polar surface area (TPSA) is 24.4 Å². The highest BCUT2D eigenvalue weighted by atomic mass is 79.9. The highest BCUT2D eigenvalue weighted by Gasteiger charge is 2.08. The fourth-order valence-electron chi connectivity index (χ4n) is 1.39. The predicted octanol–water partition coefficient (Wildman–Crippen LogP) is 3.71. The first kappa shape index (κ1) is 9.99. The Bertz CT molecular complexity index is 376. The normalized spacial score (nSPS) is 15.4. The van der Waals surface area contributed by atoms with Crippen molar-refractivity contribution in [3.63, 3.8) is 0 Å². The molecule has 0 atom stereocenters. The van der Waals surface area contributed by atoms with Crippen molar-refractivity contribution in [3.8, 4) is 0 Å². The van der Waals surface area contributed by atoms with Crippen LogP contribution in [0.1, 0.15) is 12.8 Å². The van der Waals surface area contributed by atoms with E-state index < -0.39 is 0 Å². The molecule has 0 aliphatic carbocycles. The SMILES string of the molecule is Clc1ccc(NC2=NCCC2)c(Br)c1. The zero-order chi connectivity index (χ0) is 9.97. The fourth-order valence-corrected chi connectivity index (χ4v) is 2.17. The lowest BCUT2D eigenvalue weighted by Crippen LogP contribution is -2.08. The van der Waals surface area contributed by atoms with Gasteiger partial charge in [-0.3, -0.25) is 4.99 Å². The molecule has 14 heavy (non-hydrogen) atoms. The van der Waals surface area contributed by atoms with Gasteiger partial charge >= 0.3 is 0 Å². The van der Waals surface area contributed by atoms with Crippen molar-refractivity contribution in [3.05, 3.63) is 27.7 Å². The third-order valence-corrected chi connectivity index (χ3v) is 2.98. The third-order valence-electron chi connectivity index (χ3n) is 2.08. The maximum absolute atomic E-state index is 5.85. The lowest BCUT2D eigenvalue weighted by Gasteiger charge is -2.07. The average Bonchev–Trinajstić information content (AvgIpc) is 2.62. The van der Waals surface area contributed by atoms with Crippen LogP contribution in [0.3, 0.4) is 0 Å². The van der Waals surface area contributed by atoms with Gasteiger partial charge in [-0.05, 0) is 40.5 Å². The highest BCUT2D eigenvalue weighted by molar-refractivity contribution is 9.10. The van der Waals surface area contributed by atoms with Crippen LogP contribution in [-0.4, -0.2) is 12.4 Å². The quantitative estimate of drug-likeness (QED) is 0.829. The van der Waals surface area contributed by atoms with Gasteiger partial charge < -0.3 is 5.32 Å².